The van der Waals surface area contributed by atoms with E-state index >= 15 is 0 Å². The maximum Gasteiger partial charge on any atom is 0.337 e. The second kappa shape index (κ2) is 4.47. The lowest BCUT2D eigenvalue weighted by Crippen LogP contribution is -2.06. The molecule has 2 rings (SSSR count). The Bertz CT molecular complexity index is 572. The van der Waals surface area contributed by atoms with Crippen LogP contribution in [0.3, 0.4) is 0 Å². The molecule has 0 saturated carbocycles. The largest absolute Gasteiger partial charge is 0.478 e. The van der Waals surface area contributed by atoms with Crippen LogP contribution in [-0.2, 0) is 0 Å². The van der Waals surface area contributed by atoms with E-state index in [1.165, 1.54) is 30.3 Å². The van der Waals surface area contributed by atoms with E-state index in [9.17, 15) is 14.0 Å². The smallest absolute Gasteiger partial charge is 0.337 e. The Hall–Kier alpha value is -2.01. The van der Waals surface area contributed by atoms with Crippen LogP contribution in [0.4, 0.5) is 4.39 Å². The van der Waals surface area contributed by atoms with E-state index < -0.39 is 17.6 Å². The quantitative estimate of drug-likeness (QED) is 0.852. The first-order valence-corrected chi connectivity index (χ1v) is 5.58. The van der Waals surface area contributed by atoms with Crippen molar-refractivity contribution in [1.82, 2.24) is 0 Å². The first-order valence-electron chi connectivity index (χ1n) is 4.70. The van der Waals surface area contributed by atoms with Crippen LogP contribution in [0.5, 0.6) is 0 Å². The van der Waals surface area contributed by atoms with E-state index in [0.717, 1.165) is 11.3 Å². The van der Waals surface area contributed by atoms with Crippen molar-refractivity contribution in [3.05, 3.63) is 57.5 Å². The van der Waals surface area contributed by atoms with Crippen molar-refractivity contribution in [2.75, 3.05) is 0 Å². The standard InChI is InChI=1S/C12H7FO3S/c13-8-3-1-7(2-4-8)10(14)11-9(12(15)16)5-6-17-11/h1-6H,(H,15,16). The topological polar surface area (TPSA) is 54.4 Å². The molecule has 0 fully saturated rings. The Kier molecular flexibility index (Phi) is 3.01. The van der Waals surface area contributed by atoms with E-state index in [1.807, 2.05) is 0 Å². The van der Waals surface area contributed by atoms with E-state index in [0.29, 0.717) is 0 Å². The summed E-state index contributed by atoms with van der Waals surface area (Å²) in [5, 5.41) is 10.4. The Morgan fingerprint density at radius 1 is 1.12 bits per heavy atom. The lowest BCUT2D eigenvalue weighted by Gasteiger charge is -1.99. The summed E-state index contributed by atoms with van der Waals surface area (Å²) in [5.74, 6) is -1.99. The highest BCUT2D eigenvalue weighted by Crippen LogP contribution is 2.21. The van der Waals surface area contributed by atoms with Crippen molar-refractivity contribution < 1.29 is 19.1 Å². The number of aromatic carboxylic acids is 1. The molecule has 0 aliphatic carbocycles. The minimum atomic E-state index is -1.14. The third-order valence-electron chi connectivity index (χ3n) is 2.21. The number of rotatable bonds is 3. The van der Waals surface area contributed by atoms with Crippen LogP contribution in [0.15, 0.2) is 35.7 Å². The van der Waals surface area contributed by atoms with Gasteiger partial charge >= 0.3 is 5.97 Å². The van der Waals surface area contributed by atoms with Gasteiger partial charge in [0.2, 0.25) is 5.78 Å². The minimum Gasteiger partial charge on any atom is -0.478 e. The second-order valence-electron chi connectivity index (χ2n) is 3.30. The van der Waals surface area contributed by atoms with Gasteiger partial charge in [0.15, 0.2) is 0 Å². The van der Waals surface area contributed by atoms with Gasteiger partial charge < -0.3 is 5.11 Å². The van der Waals surface area contributed by atoms with Crippen molar-refractivity contribution in [3.63, 3.8) is 0 Å². The van der Waals surface area contributed by atoms with Gasteiger partial charge in [-0.25, -0.2) is 9.18 Å². The molecule has 0 aliphatic rings. The van der Waals surface area contributed by atoms with Gasteiger partial charge in [-0.05, 0) is 35.7 Å². The van der Waals surface area contributed by atoms with Crippen LogP contribution >= 0.6 is 11.3 Å². The van der Waals surface area contributed by atoms with Crippen molar-refractivity contribution >= 4 is 23.1 Å². The number of hydrogen-bond acceptors (Lipinski definition) is 3. The molecular weight excluding hydrogens is 243 g/mol. The number of carbonyl (C=O) groups is 2. The Labute approximate surface area is 100 Å². The number of thiophene rings is 1. The summed E-state index contributed by atoms with van der Waals surface area (Å²) in [7, 11) is 0. The van der Waals surface area contributed by atoms with E-state index in [2.05, 4.69) is 0 Å². The van der Waals surface area contributed by atoms with E-state index in [-0.39, 0.29) is 16.0 Å². The second-order valence-corrected chi connectivity index (χ2v) is 4.22. The molecular formula is C12H7FO3S. The molecule has 86 valence electrons. The normalized spacial score (nSPS) is 10.2. The molecule has 0 bridgehead atoms. The molecule has 0 spiro atoms. The average Bonchev–Trinajstić information content (AvgIpc) is 2.78. The van der Waals surface area contributed by atoms with Crippen molar-refractivity contribution in [1.29, 1.82) is 0 Å². The van der Waals surface area contributed by atoms with Gasteiger partial charge in [0, 0.05) is 5.56 Å². The van der Waals surface area contributed by atoms with Gasteiger partial charge in [0.25, 0.3) is 0 Å². The average molecular weight is 250 g/mol. The number of carbonyl (C=O) groups excluding carboxylic acids is 1. The molecule has 0 unspecified atom stereocenters. The number of halogens is 1. The summed E-state index contributed by atoms with van der Waals surface area (Å²) in [6, 6.07) is 6.39. The zero-order valence-corrected chi connectivity index (χ0v) is 9.33. The maximum atomic E-state index is 12.7. The molecule has 0 saturated heterocycles. The third-order valence-corrected chi connectivity index (χ3v) is 3.12. The molecule has 5 heteroatoms. The number of carboxylic acids is 1. The zero-order chi connectivity index (χ0) is 12.4. The molecule has 1 N–H and O–H groups in total. The lowest BCUT2D eigenvalue weighted by molar-refractivity contribution is 0.0693. The summed E-state index contributed by atoms with van der Waals surface area (Å²) in [6.07, 6.45) is 0. The SMILES string of the molecule is O=C(O)c1ccsc1C(=O)c1ccc(F)cc1. The van der Waals surface area contributed by atoms with Crippen molar-refractivity contribution in [2.24, 2.45) is 0 Å². The highest BCUT2D eigenvalue weighted by molar-refractivity contribution is 7.12. The highest BCUT2D eigenvalue weighted by atomic mass is 32.1. The fourth-order valence-corrected chi connectivity index (χ4v) is 2.23. The van der Waals surface area contributed by atoms with Crippen LogP contribution in [0.25, 0.3) is 0 Å². The van der Waals surface area contributed by atoms with Crippen molar-refractivity contribution in [3.8, 4) is 0 Å². The summed E-state index contributed by atoms with van der Waals surface area (Å²) in [4.78, 5) is 23.0. The fraction of sp³-hybridized carbons (Fsp3) is 0. The summed E-state index contributed by atoms with van der Waals surface area (Å²) < 4.78 is 12.7. The first kappa shape index (κ1) is 11.5. The molecule has 1 aromatic carbocycles. The summed E-state index contributed by atoms with van der Waals surface area (Å²) >= 11 is 1.06. The molecule has 1 aromatic heterocycles. The molecule has 0 atom stereocenters. The molecule has 0 radical (unpaired) electrons. The maximum absolute atomic E-state index is 12.7. The third kappa shape index (κ3) is 2.24. The Morgan fingerprint density at radius 2 is 1.76 bits per heavy atom. The molecule has 2 aromatic rings. The first-order chi connectivity index (χ1) is 8.09. The van der Waals surface area contributed by atoms with Gasteiger partial charge in [-0.3, -0.25) is 4.79 Å². The number of benzene rings is 1. The molecule has 3 nitrogen and oxygen atoms in total. The molecule has 17 heavy (non-hydrogen) atoms. The monoisotopic (exact) mass is 250 g/mol. The summed E-state index contributed by atoms with van der Waals surface area (Å²) in [6.45, 7) is 0. The van der Waals surface area contributed by atoms with Crippen LogP contribution in [0, 0.1) is 5.82 Å². The predicted molar refractivity (Wildman–Crippen MR) is 61.1 cm³/mol. The van der Waals surface area contributed by atoms with Gasteiger partial charge in [-0.15, -0.1) is 11.3 Å². The van der Waals surface area contributed by atoms with Crippen molar-refractivity contribution in [2.45, 2.75) is 0 Å². The summed E-state index contributed by atoms with van der Waals surface area (Å²) in [5.41, 5.74) is 0.251. The molecule has 0 amide bonds. The molecule has 0 aliphatic heterocycles. The Morgan fingerprint density at radius 3 is 2.35 bits per heavy atom. The lowest BCUT2D eigenvalue weighted by atomic mass is 10.1. The van der Waals surface area contributed by atoms with Crippen LogP contribution < -0.4 is 0 Å². The zero-order valence-electron chi connectivity index (χ0n) is 8.51. The number of hydrogen-bond donors (Lipinski definition) is 1. The van der Waals surface area contributed by atoms with Crippen LogP contribution in [0.2, 0.25) is 0 Å². The van der Waals surface area contributed by atoms with Gasteiger partial charge in [-0.1, -0.05) is 0 Å². The molecule has 1 heterocycles. The Balaban J connectivity index is 2.40. The van der Waals surface area contributed by atoms with Gasteiger partial charge in [-0.2, -0.15) is 0 Å². The van der Waals surface area contributed by atoms with Crippen LogP contribution in [-0.4, -0.2) is 16.9 Å². The van der Waals surface area contributed by atoms with Gasteiger partial charge in [0.05, 0.1) is 10.4 Å². The van der Waals surface area contributed by atoms with E-state index in [1.54, 1.807) is 5.38 Å². The number of ketones is 1. The predicted octanol–water partition coefficient (Wildman–Crippen LogP) is 2.82. The van der Waals surface area contributed by atoms with Gasteiger partial charge in [0.1, 0.15) is 5.82 Å². The number of carboxylic acid groups (broad SMARTS) is 1. The fourth-order valence-electron chi connectivity index (χ4n) is 1.39. The van der Waals surface area contributed by atoms with Crippen LogP contribution in [0.1, 0.15) is 25.6 Å². The van der Waals surface area contributed by atoms with E-state index in [4.69, 9.17) is 5.11 Å². The minimum absolute atomic E-state index is 0.0238. The highest BCUT2D eigenvalue weighted by Gasteiger charge is 2.19.